The van der Waals surface area contributed by atoms with Gasteiger partial charge in [-0.05, 0) is 49.4 Å². The van der Waals surface area contributed by atoms with Gasteiger partial charge >= 0.3 is 6.09 Å². The molecule has 0 unspecified atom stereocenters. The first kappa shape index (κ1) is 21.1. The summed E-state index contributed by atoms with van der Waals surface area (Å²) in [5, 5.41) is 11.9. The largest absolute Gasteiger partial charge is 0.444 e. The number of anilines is 1. The lowest BCUT2D eigenvalue weighted by atomic mass is 10.2. The number of rotatable bonds is 1. The van der Waals surface area contributed by atoms with Gasteiger partial charge in [0.2, 0.25) is 11.8 Å². The Morgan fingerprint density at radius 3 is 2.29 bits per heavy atom. The van der Waals surface area contributed by atoms with Crippen molar-refractivity contribution >= 4 is 79.7 Å². The van der Waals surface area contributed by atoms with Crippen LogP contribution in [0.1, 0.15) is 39.2 Å². The molecular formula is C14H15I2N3O4S. The van der Waals surface area contributed by atoms with Gasteiger partial charge in [0.05, 0.1) is 31.3 Å². The fourth-order valence-corrected chi connectivity index (χ4v) is 3.66. The Bertz CT molecular complexity index is 675. The fourth-order valence-electron chi connectivity index (χ4n) is 1.48. The van der Waals surface area contributed by atoms with Gasteiger partial charge in [0.25, 0.3) is 0 Å². The number of nitriles is 1. The average molecular weight is 575 g/mol. The molecule has 0 saturated carbocycles. The lowest BCUT2D eigenvalue weighted by Gasteiger charge is -2.19. The number of imide groups is 1. The number of ether oxygens (including phenoxy) is 1. The van der Waals surface area contributed by atoms with E-state index in [1.165, 1.54) is 11.3 Å². The first-order valence-electron chi connectivity index (χ1n) is 6.74. The molecule has 3 amide bonds. The Morgan fingerprint density at radius 1 is 1.38 bits per heavy atom. The lowest BCUT2D eigenvalue weighted by molar-refractivity contribution is -0.130. The normalized spacial score (nSPS) is 13.9. The van der Waals surface area contributed by atoms with Crippen molar-refractivity contribution in [1.82, 2.24) is 3.11 Å². The van der Waals surface area contributed by atoms with Gasteiger partial charge in [-0.15, -0.1) is 11.3 Å². The molecule has 0 atom stereocenters. The third-order valence-corrected chi connectivity index (χ3v) is 5.31. The van der Waals surface area contributed by atoms with Crippen LogP contribution in [-0.2, 0) is 14.3 Å². The van der Waals surface area contributed by atoms with Crippen LogP contribution in [0.4, 0.5) is 9.80 Å². The van der Waals surface area contributed by atoms with Crippen LogP contribution in [0.2, 0.25) is 0 Å². The molecular weight excluding hydrogens is 560 g/mol. The smallest absolute Gasteiger partial charge is 0.412 e. The molecule has 0 aromatic carbocycles. The van der Waals surface area contributed by atoms with E-state index in [0.29, 0.717) is 23.4 Å². The zero-order valence-electron chi connectivity index (χ0n) is 13.2. The summed E-state index contributed by atoms with van der Waals surface area (Å²) in [6.45, 7) is 5.36. The van der Waals surface area contributed by atoms with Crippen LogP contribution >= 0.6 is 56.8 Å². The topological polar surface area (TPSA) is 99.5 Å². The molecule has 1 fully saturated rings. The zero-order chi connectivity index (χ0) is 18.5. The summed E-state index contributed by atoms with van der Waals surface area (Å²) in [6.07, 6.45) is 0.242. The number of hydrogen-bond acceptors (Lipinski definition) is 6. The second-order valence-corrected chi connectivity index (χ2v) is 9.51. The van der Waals surface area contributed by atoms with Gasteiger partial charge < -0.3 is 4.74 Å². The molecule has 1 aliphatic heterocycles. The number of nitrogens with zero attached hydrogens (tertiary/aromatic N) is 2. The number of hydrogen-bond donors (Lipinski definition) is 1. The maximum Gasteiger partial charge on any atom is 0.412 e. The van der Waals surface area contributed by atoms with Crippen molar-refractivity contribution in [1.29, 1.82) is 5.26 Å². The van der Waals surface area contributed by atoms with E-state index in [4.69, 9.17) is 10.00 Å². The predicted molar refractivity (Wildman–Crippen MR) is 107 cm³/mol. The van der Waals surface area contributed by atoms with E-state index in [-0.39, 0.29) is 11.8 Å². The average Bonchev–Trinajstić information content (AvgIpc) is 2.94. The van der Waals surface area contributed by atoms with E-state index in [1.807, 2.05) is 6.07 Å². The summed E-state index contributed by atoms with van der Waals surface area (Å²) < 4.78 is 7.18. The molecule has 130 valence electrons. The second-order valence-electron chi connectivity index (χ2n) is 5.60. The van der Waals surface area contributed by atoms with Gasteiger partial charge in [-0.1, -0.05) is 0 Å². The van der Waals surface area contributed by atoms with Gasteiger partial charge in [0, 0.05) is 12.8 Å². The van der Waals surface area contributed by atoms with Crippen molar-refractivity contribution < 1.29 is 19.1 Å². The molecule has 0 aliphatic carbocycles. The molecule has 1 saturated heterocycles. The van der Waals surface area contributed by atoms with Crippen LogP contribution < -0.4 is 5.32 Å². The van der Waals surface area contributed by atoms with E-state index in [1.54, 1.807) is 49.7 Å². The van der Waals surface area contributed by atoms with Crippen molar-refractivity contribution in [2.45, 2.75) is 39.2 Å². The summed E-state index contributed by atoms with van der Waals surface area (Å²) in [5.74, 6) is -0.147. The summed E-state index contributed by atoms with van der Waals surface area (Å²) in [6, 6.07) is 3.74. The fraction of sp³-hybridized carbons (Fsp3) is 0.429. The number of halogens is 2. The van der Waals surface area contributed by atoms with Crippen molar-refractivity contribution in [3.8, 4) is 6.07 Å². The molecule has 0 spiro atoms. The maximum atomic E-state index is 11.5. The third kappa shape index (κ3) is 6.89. The Balaban J connectivity index is 0.000000300. The maximum absolute atomic E-state index is 11.5. The second kappa shape index (κ2) is 8.95. The molecule has 1 aliphatic rings. The number of nitrogens with one attached hydrogen (secondary N) is 1. The van der Waals surface area contributed by atoms with Gasteiger partial charge in [-0.2, -0.15) is 5.26 Å². The van der Waals surface area contributed by atoms with Crippen molar-refractivity contribution in [2.75, 3.05) is 5.32 Å². The standard InChI is InChI=1S/C10H11IN2O2S.C4H4INO2/c1-10(2,3)15-9(14)13-8-6(5-12)4-7(11)16-8;5-6-3(7)1-2-4(6)8/h4H,1-3H3,(H,13,14);1-2H2. The highest BCUT2D eigenvalue weighted by molar-refractivity contribution is 14.1. The molecule has 2 heterocycles. The lowest BCUT2D eigenvalue weighted by Crippen LogP contribution is -2.27. The minimum Gasteiger partial charge on any atom is -0.444 e. The van der Waals surface area contributed by atoms with E-state index >= 15 is 0 Å². The Hall–Kier alpha value is -0.940. The number of amides is 3. The van der Waals surface area contributed by atoms with Crippen LogP contribution in [0.5, 0.6) is 0 Å². The Morgan fingerprint density at radius 2 is 1.92 bits per heavy atom. The molecule has 7 nitrogen and oxygen atoms in total. The Kier molecular flexibility index (Phi) is 7.87. The monoisotopic (exact) mass is 575 g/mol. The van der Waals surface area contributed by atoms with Crippen LogP contribution in [0.3, 0.4) is 0 Å². The number of thiophene rings is 1. The predicted octanol–water partition coefficient (Wildman–Crippen LogP) is 4.06. The van der Waals surface area contributed by atoms with Gasteiger partial charge in [0.1, 0.15) is 16.7 Å². The summed E-state index contributed by atoms with van der Waals surface area (Å²) in [5.41, 5.74) is -0.0818. The van der Waals surface area contributed by atoms with Gasteiger partial charge in [-0.25, -0.2) is 7.91 Å². The van der Waals surface area contributed by atoms with Gasteiger partial charge in [-0.3, -0.25) is 14.9 Å². The molecule has 1 aromatic rings. The first-order chi connectivity index (χ1) is 11.0. The van der Waals surface area contributed by atoms with Crippen LogP contribution in [0, 0.1) is 14.2 Å². The molecule has 24 heavy (non-hydrogen) atoms. The minimum atomic E-state index is -0.540. The van der Waals surface area contributed by atoms with E-state index in [0.717, 1.165) is 6.00 Å². The third-order valence-electron chi connectivity index (χ3n) is 2.43. The van der Waals surface area contributed by atoms with Crippen LogP contribution in [0.15, 0.2) is 6.07 Å². The highest BCUT2D eigenvalue weighted by Crippen LogP contribution is 2.28. The summed E-state index contributed by atoms with van der Waals surface area (Å²) >= 11 is 5.16. The molecule has 0 bridgehead atoms. The van der Waals surface area contributed by atoms with E-state index in [9.17, 15) is 14.4 Å². The highest BCUT2D eigenvalue weighted by atomic mass is 127. The van der Waals surface area contributed by atoms with Crippen LogP contribution in [-0.4, -0.2) is 26.6 Å². The highest BCUT2D eigenvalue weighted by Gasteiger charge is 2.26. The SMILES string of the molecule is CC(C)(C)OC(=O)Nc1sc(I)cc1C#N.O=C1CCC(=O)N1I. The molecule has 10 heteroatoms. The number of carbonyl (C=O) groups excluding carboxylic acids is 3. The molecule has 1 N–H and O–H groups in total. The zero-order valence-corrected chi connectivity index (χ0v) is 18.3. The summed E-state index contributed by atoms with van der Waals surface area (Å²) in [7, 11) is 0. The van der Waals surface area contributed by atoms with Crippen molar-refractivity contribution in [3.05, 3.63) is 14.5 Å². The van der Waals surface area contributed by atoms with Crippen LogP contribution in [0.25, 0.3) is 0 Å². The van der Waals surface area contributed by atoms with E-state index < -0.39 is 11.7 Å². The summed E-state index contributed by atoms with van der Waals surface area (Å²) in [4.78, 5) is 32.4. The first-order valence-corrected chi connectivity index (χ1v) is 9.60. The number of carbonyl (C=O) groups is 3. The quantitative estimate of drug-likeness (QED) is 0.310. The molecule has 1 aromatic heterocycles. The van der Waals surface area contributed by atoms with Crippen molar-refractivity contribution in [2.24, 2.45) is 0 Å². The van der Waals surface area contributed by atoms with Crippen molar-refractivity contribution in [3.63, 3.8) is 0 Å². The van der Waals surface area contributed by atoms with Gasteiger partial charge in [0.15, 0.2) is 0 Å². The molecule has 2 rings (SSSR count). The Labute approximate surface area is 171 Å². The minimum absolute atomic E-state index is 0.0735. The van der Waals surface area contributed by atoms with E-state index in [2.05, 4.69) is 27.9 Å². The molecule has 0 radical (unpaired) electrons.